The summed E-state index contributed by atoms with van der Waals surface area (Å²) in [6, 6.07) is 4.07. The Morgan fingerprint density at radius 3 is 2.63 bits per heavy atom. The van der Waals surface area contributed by atoms with E-state index in [2.05, 4.69) is 30.5 Å². The van der Waals surface area contributed by atoms with E-state index >= 15 is 0 Å². The molecule has 3 aromatic rings. The van der Waals surface area contributed by atoms with Crippen molar-refractivity contribution in [3.63, 3.8) is 0 Å². The molecule has 2 aliphatic heterocycles. The molecule has 2 aromatic heterocycles. The number of nitrogens with one attached hydrogen (secondary N) is 1. The van der Waals surface area contributed by atoms with Crippen LogP contribution in [0.5, 0.6) is 11.6 Å². The van der Waals surface area contributed by atoms with Crippen LogP contribution in [0.3, 0.4) is 0 Å². The number of halogens is 3. The maximum Gasteiger partial charge on any atom is 0.242 e. The number of nitrogens with zero attached hydrogens (tertiary/aromatic N) is 6. The van der Waals surface area contributed by atoms with Gasteiger partial charge in [0, 0.05) is 38.2 Å². The molecule has 1 N–H and O–H groups in total. The molecule has 0 spiro atoms. The Morgan fingerprint density at radius 2 is 1.86 bits per heavy atom. The highest BCUT2D eigenvalue weighted by molar-refractivity contribution is 5.48. The highest BCUT2D eigenvalue weighted by Gasteiger charge is 2.43. The molecular weight excluding hydrogens is 463 g/mol. The quantitative estimate of drug-likeness (QED) is 0.530. The van der Waals surface area contributed by atoms with E-state index in [4.69, 9.17) is 9.47 Å². The second kappa shape index (κ2) is 8.58. The summed E-state index contributed by atoms with van der Waals surface area (Å²) in [5, 5.41) is 16.1. The number of hydrogen-bond acceptors (Lipinski definition) is 8. The van der Waals surface area contributed by atoms with Crippen molar-refractivity contribution in [1.82, 2.24) is 25.0 Å². The van der Waals surface area contributed by atoms with Crippen LogP contribution in [-0.2, 0) is 6.54 Å². The molecule has 2 fully saturated rings. The van der Waals surface area contributed by atoms with Crippen LogP contribution < -0.4 is 19.7 Å². The maximum atomic E-state index is 14.1. The molecule has 1 aromatic carbocycles. The first-order chi connectivity index (χ1) is 17.0. The Balaban J connectivity index is 1.15. The smallest absolute Gasteiger partial charge is 0.242 e. The normalized spacial score (nSPS) is 25.0. The molecule has 1 saturated carbocycles. The lowest BCUT2D eigenvalue weighted by molar-refractivity contribution is 0.191. The van der Waals surface area contributed by atoms with E-state index in [1.807, 2.05) is 6.07 Å². The third kappa shape index (κ3) is 3.90. The van der Waals surface area contributed by atoms with Crippen LogP contribution in [0.25, 0.3) is 0 Å². The number of anilines is 2. The van der Waals surface area contributed by atoms with Crippen molar-refractivity contribution < 1.29 is 22.6 Å². The monoisotopic (exact) mass is 487 g/mol. The number of aromatic nitrogens is 5. The highest BCUT2D eigenvalue weighted by atomic mass is 19.2. The van der Waals surface area contributed by atoms with E-state index in [0.717, 1.165) is 43.8 Å². The zero-order valence-electron chi connectivity index (χ0n) is 19.0. The van der Waals surface area contributed by atoms with E-state index in [1.54, 1.807) is 18.0 Å². The lowest BCUT2D eigenvalue weighted by Gasteiger charge is -2.39. The summed E-state index contributed by atoms with van der Waals surface area (Å²) in [6.45, 7) is 2.29. The largest absolute Gasteiger partial charge is 0.480 e. The molecule has 4 atom stereocenters. The van der Waals surface area contributed by atoms with Crippen molar-refractivity contribution in [3.8, 4) is 11.6 Å². The minimum atomic E-state index is -1.55. The number of hydrogen-bond donors (Lipinski definition) is 1. The zero-order valence-corrected chi connectivity index (χ0v) is 19.0. The van der Waals surface area contributed by atoms with Gasteiger partial charge in [0.1, 0.15) is 0 Å². The first kappa shape index (κ1) is 21.9. The van der Waals surface area contributed by atoms with Gasteiger partial charge in [-0.3, -0.25) is 0 Å². The number of rotatable bonds is 6. The van der Waals surface area contributed by atoms with Gasteiger partial charge in [0.05, 0.1) is 19.0 Å². The van der Waals surface area contributed by atoms with Crippen LogP contribution in [-0.4, -0.2) is 51.2 Å². The van der Waals surface area contributed by atoms with Gasteiger partial charge >= 0.3 is 0 Å². The van der Waals surface area contributed by atoms with Gasteiger partial charge in [-0.1, -0.05) is 0 Å². The molecule has 1 unspecified atom stereocenters. The summed E-state index contributed by atoms with van der Waals surface area (Å²) in [5.41, 5.74) is 0.996. The first-order valence-corrected chi connectivity index (χ1v) is 11.6. The van der Waals surface area contributed by atoms with Crippen molar-refractivity contribution in [2.45, 2.75) is 38.0 Å². The van der Waals surface area contributed by atoms with Gasteiger partial charge < -0.3 is 19.7 Å². The number of methoxy groups -OCH3 is 1. The predicted octanol–water partition coefficient (Wildman–Crippen LogP) is 3.34. The SMILES string of the molecule is COc1cc(N2C[C@H]3CC[C@@H](C2)C3Nc2nc3n(n2)CC[C@H]3Oc2ccc(F)c(F)c2F)cnn1. The second-order valence-electron chi connectivity index (χ2n) is 9.21. The van der Waals surface area contributed by atoms with Gasteiger partial charge in [-0.05, 0) is 36.8 Å². The average Bonchev–Trinajstić information content (AvgIpc) is 3.50. The summed E-state index contributed by atoms with van der Waals surface area (Å²) in [6.07, 6.45) is 3.88. The predicted molar refractivity (Wildman–Crippen MR) is 119 cm³/mol. The van der Waals surface area contributed by atoms with Crippen molar-refractivity contribution in [1.29, 1.82) is 0 Å². The van der Waals surface area contributed by atoms with Gasteiger partial charge in [0.25, 0.3) is 0 Å². The fourth-order valence-electron chi connectivity index (χ4n) is 5.48. The number of benzene rings is 1. The lowest BCUT2D eigenvalue weighted by Crippen LogP contribution is -2.48. The van der Waals surface area contributed by atoms with Gasteiger partial charge in [-0.15, -0.1) is 10.2 Å². The number of ether oxygens (including phenoxy) is 2. The summed E-state index contributed by atoms with van der Waals surface area (Å²) in [4.78, 5) is 6.92. The Hall–Kier alpha value is -3.57. The number of piperidine rings is 1. The Morgan fingerprint density at radius 1 is 1.06 bits per heavy atom. The maximum absolute atomic E-state index is 14.1. The van der Waals surface area contributed by atoms with E-state index in [0.29, 0.717) is 42.5 Å². The Bertz CT molecular complexity index is 1240. The van der Waals surface area contributed by atoms with Crippen LogP contribution in [0.1, 0.15) is 31.2 Å². The van der Waals surface area contributed by atoms with Crippen LogP contribution >= 0.6 is 0 Å². The fourth-order valence-corrected chi connectivity index (χ4v) is 5.48. The van der Waals surface area contributed by atoms with Gasteiger partial charge in [0.15, 0.2) is 29.3 Å². The van der Waals surface area contributed by atoms with Crippen LogP contribution in [0.2, 0.25) is 0 Å². The molecule has 1 aliphatic carbocycles. The summed E-state index contributed by atoms with van der Waals surface area (Å²) >= 11 is 0. The molecule has 9 nitrogen and oxygen atoms in total. The van der Waals surface area contributed by atoms with E-state index in [-0.39, 0.29) is 11.8 Å². The molecule has 3 aliphatic rings. The van der Waals surface area contributed by atoms with Crippen molar-refractivity contribution in [2.24, 2.45) is 11.8 Å². The topological polar surface area (TPSA) is 90.2 Å². The van der Waals surface area contributed by atoms with Crippen LogP contribution in [0, 0.1) is 29.3 Å². The lowest BCUT2D eigenvalue weighted by atomic mass is 9.92. The number of aryl methyl sites for hydroxylation is 1. The van der Waals surface area contributed by atoms with Gasteiger partial charge in [-0.2, -0.15) is 14.5 Å². The Labute approximate surface area is 199 Å². The van der Waals surface area contributed by atoms with Crippen LogP contribution in [0.4, 0.5) is 24.8 Å². The third-order valence-electron chi connectivity index (χ3n) is 7.18. The van der Waals surface area contributed by atoms with Crippen molar-refractivity contribution in [2.75, 3.05) is 30.4 Å². The Kier molecular flexibility index (Phi) is 5.37. The molecular formula is C23H24F3N7O2. The molecule has 1 saturated heterocycles. The standard InChI is InChI=1S/C23H24F3N7O2/c1-34-18-8-14(9-27-30-18)32-10-12-2-3-13(11-32)21(12)28-23-29-22-17(6-7-33(22)31-23)35-16-5-4-15(24)19(25)20(16)26/h4-5,8-9,12-13,17,21H,2-3,6-7,10-11H2,1H3,(H,28,31)/t12-,13+,17-,21?/m1/s1. The molecule has 0 amide bonds. The van der Waals surface area contributed by atoms with Gasteiger partial charge in [-0.25, -0.2) is 13.5 Å². The molecule has 4 heterocycles. The first-order valence-electron chi connectivity index (χ1n) is 11.6. The molecule has 184 valence electrons. The van der Waals surface area contributed by atoms with E-state index in [1.165, 1.54) is 0 Å². The third-order valence-corrected chi connectivity index (χ3v) is 7.18. The van der Waals surface area contributed by atoms with Crippen LogP contribution in [0.15, 0.2) is 24.4 Å². The summed E-state index contributed by atoms with van der Waals surface area (Å²) < 4.78 is 53.5. The minimum absolute atomic E-state index is 0.231. The summed E-state index contributed by atoms with van der Waals surface area (Å²) in [5.74, 6) is -2.13. The molecule has 2 bridgehead atoms. The summed E-state index contributed by atoms with van der Waals surface area (Å²) in [7, 11) is 1.58. The van der Waals surface area contributed by atoms with E-state index in [9.17, 15) is 13.2 Å². The molecule has 12 heteroatoms. The average molecular weight is 487 g/mol. The van der Waals surface area contributed by atoms with Crippen molar-refractivity contribution >= 4 is 11.6 Å². The number of fused-ring (bicyclic) bond motifs is 3. The van der Waals surface area contributed by atoms with Crippen molar-refractivity contribution in [3.05, 3.63) is 47.7 Å². The fraction of sp³-hybridized carbons (Fsp3) is 0.478. The molecule has 35 heavy (non-hydrogen) atoms. The second-order valence-corrected chi connectivity index (χ2v) is 9.21. The molecule has 6 rings (SSSR count). The van der Waals surface area contributed by atoms with E-state index < -0.39 is 23.6 Å². The molecule has 0 radical (unpaired) electrons. The zero-order chi connectivity index (χ0) is 24.1. The minimum Gasteiger partial charge on any atom is -0.480 e. The highest BCUT2D eigenvalue weighted by Crippen LogP contribution is 2.40. The van der Waals surface area contributed by atoms with Gasteiger partial charge in [0.2, 0.25) is 17.6 Å².